The molecular weight excluding hydrogens is 270 g/mol. The van der Waals surface area contributed by atoms with E-state index in [1.165, 1.54) is 0 Å². The molecule has 0 amide bonds. The number of aryl methyl sites for hydroxylation is 1. The van der Waals surface area contributed by atoms with Crippen molar-refractivity contribution in [3.63, 3.8) is 0 Å². The molecular formula is C15H27N3O3. The first-order valence-corrected chi connectivity index (χ1v) is 7.74. The van der Waals surface area contributed by atoms with Gasteiger partial charge in [-0.25, -0.2) is 0 Å². The van der Waals surface area contributed by atoms with E-state index in [4.69, 9.17) is 9.47 Å². The van der Waals surface area contributed by atoms with Crippen LogP contribution in [0.1, 0.15) is 25.3 Å². The normalized spacial score (nSPS) is 18.3. The minimum atomic E-state index is -0.454. The van der Waals surface area contributed by atoms with Crippen LogP contribution in [0.15, 0.2) is 12.4 Å². The largest absolute Gasteiger partial charge is 0.389 e. The van der Waals surface area contributed by atoms with Gasteiger partial charge in [-0.1, -0.05) is 6.92 Å². The SMILES string of the molecule is CCN(Cc1cnn(C)c1)CC(O)COC1CCOCC1. The molecule has 2 heterocycles. The van der Waals surface area contributed by atoms with Crippen molar-refractivity contribution in [1.29, 1.82) is 0 Å². The van der Waals surface area contributed by atoms with E-state index < -0.39 is 6.10 Å². The lowest BCUT2D eigenvalue weighted by Gasteiger charge is -2.26. The van der Waals surface area contributed by atoms with Crippen LogP contribution in [0.3, 0.4) is 0 Å². The summed E-state index contributed by atoms with van der Waals surface area (Å²) in [4.78, 5) is 2.20. The highest BCUT2D eigenvalue weighted by molar-refractivity contribution is 5.03. The number of ether oxygens (including phenoxy) is 2. The molecule has 1 N–H and O–H groups in total. The van der Waals surface area contributed by atoms with Crippen LogP contribution in [-0.4, -0.2) is 64.9 Å². The average molecular weight is 297 g/mol. The Hall–Kier alpha value is -0.950. The maximum atomic E-state index is 10.1. The van der Waals surface area contributed by atoms with Gasteiger partial charge < -0.3 is 14.6 Å². The van der Waals surface area contributed by atoms with Crippen LogP contribution in [0.5, 0.6) is 0 Å². The molecule has 1 aliphatic heterocycles. The topological polar surface area (TPSA) is 59.8 Å². The van der Waals surface area contributed by atoms with Gasteiger partial charge in [0.25, 0.3) is 0 Å². The Kier molecular flexibility index (Phi) is 6.63. The standard InChI is InChI=1S/C15H27N3O3/c1-3-18(10-13-8-16-17(2)9-13)11-14(19)12-21-15-4-6-20-7-5-15/h8-9,14-15,19H,3-7,10-12H2,1-2H3. The number of likely N-dealkylation sites (N-methyl/N-ethyl adjacent to an activating group) is 1. The third-order valence-corrected chi connectivity index (χ3v) is 3.77. The predicted molar refractivity (Wildman–Crippen MR) is 80.0 cm³/mol. The molecule has 0 spiro atoms. The van der Waals surface area contributed by atoms with Crippen molar-refractivity contribution >= 4 is 0 Å². The summed E-state index contributed by atoms with van der Waals surface area (Å²) in [6.07, 6.45) is 5.52. The molecule has 0 aromatic carbocycles. The highest BCUT2D eigenvalue weighted by Crippen LogP contribution is 2.11. The zero-order valence-electron chi connectivity index (χ0n) is 13.1. The highest BCUT2D eigenvalue weighted by Gasteiger charge is 2.17. The smallest absolute Gasteiger partial charge is 0.0900 e. The molecule has 6 nitrogen and oxygen atoms in total. The molecule has 1 aliphatic rings. The van der Waals surface area contributed by atoms with E-state index in [9.17, 15) is 5.11 Å². The van der Waals surface area contributed by atoms with Crippen molar-refractivity contribution in [1.82, 2.24) is 14.7 Å². The molecule has 2 rings (SSSR count). The first-order chi connectivity index (χ1) is 10.2. The molecule has 120 valence electrons. The third-order valence-electron chi connectivity index (χ3n) is 3.77. The van der Waals surface area contributed by atoms with Gasteiger partial charge in [0, 0.05) is 45.1 Å². The van der Waals surface area contributed by atoms with Crippen LogP contribution in [-0.2, 0) is 23.1 Å². The van der Waals surface area contributed by atoms with Gasteiger partial charge in [0.15, 0.2) is 0 Å². The van der Waals surface area contributed by atoms with Crippen LogP contribution in [0.25, 0.3) is 0 Å². The molecule has 1 saturated heterocycles. The van der Waals surface area contributed by atoms with Gasteiger partial charge in [0.05, 0.1) is 25.0 Å². The summed E-state index contributed by atoms with van der Waals surface area (Å²) >= 11 is 0. The quantitative estimate of drug-likeness (QED) is 0.769. The number of aromatic nitrogens is 2. The summed E-state index contributed by atoms with van der Waals surface area (Å²) < 4.78 is 12.9. The van der Waals surface area contributed by atoms with E-state index in [0.29, 0.717) is 13.2 Å². The van der Waals surface area contributed by atoms with Crippen molar-refractivity contribution in [3.05, 3.63) is 18.0 Å². The minimum absolute atomic E-state index is 0.238. The molecule has 1 unspecified atom stereocenters. The summed E-state index contributed by atoms with van der Waals surface area (Å²) in [6.45, 7) is 6.35. The monoisotopic (exact) mass is 297 g/mol. The van der Waals surface area contributed by atoms with Gasteiger partial charge in [-0.3, -0.25) is 9.58 Å². The number of hydrogen-bond acceptors (Lipinski definition) is 5. The fourth-order valence-corrected chi connectivity index (χ4v) is 2.56. The van der Waals surface area contributed by atoms with Gasteiger partial charge in [-0.2, -0.15) is 5.10 Å². The second kappa shape index (κ2) is 8.48. The van der Waals surface area contributed by atoms with Crippen LogP contribution >= 0.6 is 0 Å². The lowest BCUT2D eigenvalue weighted by atomic mass is 10.1. The summed E-state index contributed by atoms with van der Waals surface area (Å²) in [6, 6.07) is 0. The number of aliphatic hydroxyl groups excluding tert-OH is 1. The van der Waals surface area contributed by atoms with Gasteiger partial charge >= 0.3 is 0 Å². The van der Waals surface area contributed by atoms with Gasteiger partial charge in [-0.15, -0.1) is 0 Å². The van der Waals surface area contributed by atoms with Gasteiger partial charge in [-0.05, 0) is 19.4 Å². The molecule has 0 aliphatic carbocycles. The van der Waals surface area contributed by atoms with Crippen LogP contribution in [0.4, 0.5) is 0 Å². The Morgan fingerprint density at radius 2 is 2.29 bits per heavy atom. The molecule has 0 radical (unpaired) electrons. The molecule has 1 atom stereocenters. The van der Waals surface area contributed by atoms with Crippen molar-refractivity contribution in [2.24, 2.45) is 7.05 Å². The van der Waals surface area contributed by atoms with Crippen molar-refractivity contribution in [3.8, 4) is 0 Å². The predicted octanol–water partition coefficient (Wildman–Crippen LogP) is 0.798. The van der Waals surface area contributed by atoms with Crippen molar-refractivity contribution < 1.29 is 14.6 Å². The van der Waals surface area contributed by atoms with E-state index in [1.807, 2.05) is 19.4 Å². The number of nitrogens with zero attached hydrogens (tertiary/aromatic N) is 3. The van der Waals surface area contributed by atoms with Crippen LogP contribution < -0.4 is 0 Å². The summed E-state index contributed by atoms with van der Waals surface area (Å²) in [5.74, 6) is 0. The number of aliphatic hydroxyl groups is 1. The maximum absolute atomic E-state index is 10.1. The zero-order chi connectivity index (χ0) is 15.1. The Labute approximate surface area is 126 Å². The Morgan fingerprint density at radius 1 is 1.52 bits per heavy atom. The fraction of sp³-hybridized carbons (Fsp3) is 0.800. The molecule has 1 aromatic heterocycles. The van der Waals surface area contributed by atoms with E-state index in [2.05, 4.69) is 16.9 Å². The van der Waals surface area contributed by atoms with E-state index >= 15 is 0 Å². The van der Waals surface area contributed by atoms with E-state index in [-0.39, 0.29) is 6.10 Å². The minimum Gasteiger partial charge on any atom is -0.389 e. The zero-order valence-corrected chi connectivity index (χ0v) is 13.1. The Bertz CT molecular complexity index is 405. The molecule has 0 saturated carbocycles. The molecule has 1 aromatic rings. The summed E-state index contributed by atoms with van der Waals surface area (Å²) in [7, 11) is 1.91. The molecule has 0 bridgehead atoms. The van der Waals surface area contributed by atoms with E-state index in [0.717, 1.165) is 44.7 Å². The second-order valence-electron chi connectivity index (χ2n) is 5.65. The Balaban J connectivity index is 1.70. The number of hydrogen-bond donors (Lipinski definition) is 1. The summed E-state index contributed by atoms with van der Waals surface area (Å²) in [5.41, 5.74) is 1.16. The lowest BCUT2D eigenvalue weighted by molar-refractivity contribution is -0.0642. The first-order valence-electron chi connectivity index (χ1n) is 7.74. The first kappa shape index (κ1) is 16.4. The third kappa shape index (κ3) is 5.74. The second-order valence-corrected chi connectivity index (χ2v) is 5.65. The average Bonchev–Trinajstić information content (AvgIpc) is 2.90. The summed E-state index contributed by atoms with van der Waals surface area (Å²) in [5, 5.41) is 14.3. The Morgan fingerprint density at radius 3 is 2.90 bits per heavy atom. The van der Waals surface area contributed by atoms with Gasteiger partial charge in [0.2, 0.25) is 0 Å². The molecule has 1 fully saturated rings. The van der Waals surface area contributed by atoms with Crippen molar-refractivity contribution in [2.75, 3.05) is 32.9 Å². The lowest BCUT2D eigenvalue weighted by Crippen LogP contribution is -2.36. The van der Waals surface area contributed by atoms with Gasteiger partial charge in [0.1, 0.15) is 0 Å². The molecule has 6 heteroatoms. The van der Waals surface area contributed by atoms with Crippen molar-refractivity contribution in [2.45, 2.75) is 38.5 Å². The van der Waals surface area contributed by atoms with Crippen LogP contribution in [0.2, 0.25) is 0 Å². The highest BCUT2D eigenvalue weighted by atomic mass is 16.5. The molecule has 21 heavy (non-hydrogen) atoms. The van der Waals surface area contributed by atoms with E-state index in [1.54, 1.807) is 4.68 Å². The maximum Gasteiger partial charge on any atom is 0.0900 e. The number of rotatable bonds is 8. The van der Waals surface area contributed by atoms with Crippen LogP contribution in [0, 0.1) is 0 Å². The fourth-order valence-electron chi connectivity index (χ4n) is 2.56.